The molecular formula is C15H23N5. The lowest BCUT2D eigenvalue weighted by molar-refractivity contribution is 0.378. The maximum Gasteiger partial charge on any atom is 0.175 e. The van der Waals surface area contributed by atoms with Crippen LogP contribution in [0.4, 0.5) is 0 Å². The van der Waals surface area contributed by atoms with Gasteiger partial charge in [0.15, 0.2) is 5.82 Å². The number of aryl methyl sites for hydroxylation is 1. The molecule has 1 heterocycles. The molecule has 0 amide bonds. The zero-order valence-electron chi connectivity index (χ0n) is 12.5. The summed E-state index contributed by atoms with van der Waals surface area (Å²) in [7, 11) is 1.80. The Bertz CT molecular complexity index is 508. The topological polar surface area (TPSA) is 55.6 Å². The van der Waals surface area contributed by atoms with Crippen LogP contribution < -0.4 is 5.32 Å². The fourth-order valence-electron chi connectivity index (χ4n) is 2.42. The minimum absolute atomic E-state index is 0.319. The van der Waals surface area contributed by atoms with Crippen molar-refractivity contribution >= 4 is 0 Å². The average molecular weight is 273 g/mol. The second-order valence-corrected chi connectivity index (χ2v) is 5.22. The van der Waals surface area contributed by atoms with Crippen LogP contribution in [0.3, 0.4) is 0 Å². The molecule has 2 aromatic rings. The van der Waals surface area contributed by atoms with E-state index in [4.69, 9.17) is 0 Å². The third-order valence-electron chi connectivity index (χ3n) is 3.40. The maximum atomic E-state index is 4.27. The van der Waals surface area contributed by atoms with E-state index in [-0.39, 0.29) is 0 Å². The van der Waals surface area contributed by atoms with Gasteiger partial charge >= 0.3 is 0 Å². The van der Waals surface area contributed by atoms with E-state index in [9.17, 15) is 0 Å². The van der Waals surface area contributed by atoms with Gasteiger partial charge in [0, 0.05) is 12.5 Å². The van der Waals surface area contributed by atoms with Gasteiger partial charge in [-0.25, -0.2) is 0 Å². The molecule has 0 bridgehead atoms. The summed E-state index contributed by atoms with van der Waals surface area (Å²) in [5.74, 6) is 1.22. The van der Waals surface area contributed by atoms with E-state index in [0.29, 0.717) is 12.0 Å². The van der Waals surface area contributed by atoms with Gasteiger partial charge in [-0.1, -0.05) is 44.2 Å². The van der Waals surface area contributed by atoms with Crippen LogP contribution in [0.15, 0.2) is 30.3 Å². The van der Waals surface area contributed by atoms with Crippen LogP contribution in [0.1, 0.15) is 37.7 Å². The standard InChI is InChI=1S/C15H23N5/c1-4-10-16-15(13-8-6-5-7-9-13)12(2)11-14-17-19-20(3)18-14/h5-9,12,15-16H,4,10-11H2,1-3H3. The summed E-state index contributed by atoms with van der Waals surface area (Å²) in [5.41, 5.74) is 1.32. The molecule has 0 saturated heterocycles. The SMILES string of the molecule is CCCNC(c1ccccc1)C(C)Cc1nnn(C)n1. The van der Waals surface area contributed by atoms with Gasteiger partial charge in [0.2, 0.25) is 0 Å². The van der Waals surface area contributed by atoms with Crippen LogP contribution in [0, 0.1) is 5.92 Å². The zero-order valence-corrected chi connectivity index (χ0v) is 12.5. The second kappa shape index (κ2) is 7.14. The van der Waals surface area contributed by atoms with Crippen molar-refractivity contribution in [1.82, 2.24) is 25.5 Å². The number of hydrogen-bond acceptors (Lipinski definition) is 4. The van der Waals surface area contributed by atoms with Crippen LogP contribution in [-0.4, -0.2) is 26.8 Å². The smallest absolute Gasteiger partial charge is 0.175 e. The second-order valence-electron chi connectivity index (χ2n) is 5.22. The molecule has 1 aromatic heterocycles. The summed E-state index contributed by atoms with van der Waals surface area (Å²) in [4.78, 5) is 1.51. The number of nitrogens with zero attached hydrogens (tertiary/aromatic N) is 4. The minimum Gasteiger partial charge on any atom is -0.310 e. The van der Waals surface area contributed by atoms with Crippen molar-refractivity contribution < 1.29 is 0 Å². The van der Waals surface area contributed by atoms with E-state index in [0.717, 1.165) is 25.2 Å². The molecule has 1 aromatic carbocycles. The number of hydrogen-bond donors (Lipinski definition) is 1. The fraction of sp³-hybridized carbons (Fsp3) is 0.533. The first-order chi connectivity index (χ1) is 9.70. The molecule has 0 saturated carbocycles. The lowest BCUT2D eigenvalue weighted by atomic mass is 9.91. The van der Waals surface area contributed by atoms with Gasteiger partial charge in [0.25, 0.3) is 0 Å². The summed E-state index contributed by atoms with van der Waals surface area (Å²) in [6.45, 7) is 5.43. The molecule has 20 heavy (non-hydrogen) atoms. The first kappa shape index (κ1) is 14.7. The largest absolute Gasteiger partial charge is 0.310 e. The van der Waals surface area contributed by atoms with Crippen molar-refractivity contribution in [1.29, 1.82) is 0 Å². The Kier molecular flexibility index (Phi) is 5.24. The summed E-state index contributed by atoms with van der Waals surface area (Å²) in [6, 6.07) is 10.9. The summed E-state index contributed by atoms with van der Waals surface area (Å²) < 4.78 is 0. The van der Waals surface area contributed by atoms with Gasteiger partial charge in [0.05, 0.1) is 7.05 Å². The minimum atomic E-state index is 0.319. The van der Waals surface area contributed by atoms with E-state index in [1.165, 1.54) is 10.4 Å². The van der Waals surface area contributed by atoms with Gasteiger partial charge in [0.1, 0.15) is 0 Å². The highest BCUT2D eigenvalue weighted by Crippen LogP contribution is 2.24. The predicted octanol–water partition coefficient (Wildman–Crippen LogP) is 2.13. The molecule has 0 fully saturated rings. The van der Waals surface area contributed by atoms with E-state index in [1.54, 1.807) is 7.05 Å². The first-order valence-electron chi connectivity index (χ1n) is 7.22. The summed E-state index contributed by atoms with van der Waals surface area (Å²) in [6.07, 6.45) is 1.95. The number of aromatic nitrogens is 4. The number of benzene rings is 1. The molecule has 5 nitrogen and oxygen atoms in total. The molecule has 5 heteroatoms. The van der Waals surface area contributed by atoms with Crippen molar-refractivity contribution in [2.45, 2.75) is 32.7 Å². The lowest BCUT2D eigenvalue weighted by Crippen LogP contribution is -2.29. The maximum absolute atomic E-state index is 4.27. The third kappa shape index (κ3) is 3.87. The molecule has 2 unspecified atom stereocenters. The predicted molar refractivity (Wildman–Crippen MR) is 79.1 cm³/mol. The Hall–Kier alpha value is -1.75. The van der Waals surface area contributed by atoms with Crippen molar-refractivity contribution in [3.63, 3.8) is 0 Å². The lowest BCUT2D eigenvalue weighted by Gasteiger charge is -2.25. The normalized spacial score (nSPS) is 14.2. The van der Waals surface area contributed by atoms with Gasteiger partial charge in [-0.2, -0.15) is 4.80 Å². The highest BCUT2D eigenvalue weighted by molar-refractivity contribution is 5.19. The van der Waals surface area contributed by atoms with Gasteiger partial charge in [-0.15, -0.1) is 10.2 Å². The van der Waals surface area contributed by atoms with Crippen molar-refractivity contribution in [3.8, 4) is 0 Å². The average Bonchev–Trinajstić information content (AvgIpc) is 2.86. The molecule has 2 rings (SSSR count). The quantitative estimate of drug-likeness (QED) is 0.839. The van der Waals surface area contributed by atoms with Gasteiger partial charge in [-0.3, -0.25) is 0 Å². The fourth-order valence-corrected chi connectivity index (χ4v) is 2.42. The molecular weight excluding hydrogens is 250 g/mol. The van der Waals surface area contributed by atoms with E-state index in [2.05, 4.69) is 64.9 Å². The molecule has 0 aliphatic rings. The van der Waals surface area contributed by atoms with Gasteiger partial charge < -0.3 is 5.32 Å². The molecule has 2 atom stereocenters. The van der Waals surface area contributed by atoms with E-state index < -0.39 is 0 Å². The Morgan fingerprint density at radius 1 is 1.25 bits per heavy atom. The molecule has 0 aliphatic heterocycles. The Balaban J connectivity index is 2.09. The molecule has 0 aliphatic carbocycles. The Morgan fingerprint density at radius 3 is 2.60 bits per heavy atom. The van der Waals surface area contributed by atoms with E-state index >= 15 is 0 Å². The van der Waals surface area contributed by atoms with Crippen LogP contribution in [0.5, 0.6) is 0 Å². The van der Waals surface area contributed by atoms with Crippen molar-refractivity contribution in [2.24, 2.45) is 13.0 Å². The molecule has 0 radical (unpaired) electrons. The van der Waals surface area contributed by atoms with E-state index in [1.807, 2.05) is 0 Å². The number of tetrazole rings is 1. The Morgan fingerprint density at radius 2 is 2.00 bits per heavy atom. The van der Waals surface area contributed by atoms with Crippen molar-refractivity contribution in [2.75, 3.05) is 6.54 Å². The first-order valence-corrected chi connectivity index (χ1v) is 7.22. The molecule has 1 N–H and O–H groups in total. The Labute approximate surface area is 120 Å². The zero-order chi connectivity index (χ0) is 14.4. The highest BCUT2D eigenvalue weighted by Gasteiger charge is 2.20. The highest BCUT2D eigenvalue weighted by atomic mass is 15.6. The van der Waals surface area contributed by atoms with Crippen LogP contribution in [0.2, 0.25) is 0 Å². The van der Waals surface area contributed by atoms with Gasteiger partial charge in [-0.05, 0) is 29.7 Å². The number of nitrogens with one attached hydrogen (secondary N) is 1. The molecule has 0 spiro atoms. The summed E-state index contributed by atoms with van der Waals surface area (Å²) in [5, 5.41) is 15.9. The monoisotopic (exact) mass is 273 g/mol. The summed E-state index contributed by atoms with van der Waals surface area (Å²) >= 11 is 0. The van der Waals surface area contributed by atoms with Crippen LogP contribution in [0.25, 0.3) is 0 Å². The number of rotatable bonds is 7. The van der Waals surface area contributed by atoms with Crippen LogP contribution >= 0.6 is 0 Å². The van der Waals surface area contributed by atoms with Crippen LogP contribution in [-0.2, 0) is 13.5 Å². The van der Waals surface area contributed by atoms with Crippen molar-refractivity contribution in [3.05, 3.63) is 41.7 Å². The molecule has 108 valence electrons. The third-order valence-corrected chi connectivity index (χ3v) is 3.40.